The largest absolute Gasteiger partial charge is 0.368 e. The SMILES string of the molecule is C=C(NC(/C=C1/C=C(C(C)(C)C)N(CCCC)C1C)=C/C)C1(c2cccc(CC)c2)CC1. The van der Waals surface area contributed by atoms with Crippen molar-refractivity contribution in [3.8, 4) is 0 Å². The maximum Gasteiger partial charge on any atom is 0.0512 e. The van der Waals surface area contributed by atoms with Gasteiger partial charge in [0.2, 0.25) is 0 Å². The first-order valence-corrected chi connectivity index (χ1v) is 12.6. The molecule has 1 aliphatic carbocycles. The number of aryl methyl sites for hydroxylation is 1. The van der Waals surface area contributed by atoms with Crippen molar-refractivity contribution in [1.82, 2.24) is 10.2 Å². The van der Waals surface area contributed by atoms with Crippen molar-refractivity contribution in [1.29, 1.82) is 0 Å². The molecule has 1 N–H and O–H groups in total. The molecule has 2 aliphatic rings. The molecule has 1 unspecified atom stereocenters. The second kappa shape index (κ2) is 9.73. The minimum atomic E-state index is 0.0822. The van der Waals surface area contributed by atoms with E-state index in [9.17, 15) is 0 Å². The second-order valence-corrected chi connectivity index (χ2v) is 10.6. The highest BCUT2D eigenvalue weighted by molar-refractivity contribution is 5.46. The molecule has 2 heteroatoms. The lowest BCUT2D eigenvalue weighted by Gasteiger charge is -2.34. The Kier molecular flexibility index (Phi) is 7.43. The zero-order chi connectivity index (χ0) is 23.5. The van der Waals surface area contributed by atoms with Crippen LogP contribution in [0.15, 0.2) is 71.7 Å². The molecule has 0 spiro atoms. The normalized spacial score (nSPS) is 21.7. The average Bonchev–Trinajstić information content (AvgIpc) is 3.52. The fourth-order valence-corrected chi connectivity index (χ4v) is 4.85. The molecule has 0 aromatic heterocycles. The molecule has 1 fully saturated rings. The van der Waals surface area contributed by atoms with Gasteiger partial charge in [0, 0.05) is 34.5 Å². The van der Waals surface area contributed by atoms with Crippen molar-refractivity contribution in [3.05, 3.63) is 82.9 Å². The second-order valence-electron chi connectivity index (χ2n) is 10.6. The molecular weight excluding hydrogens is 388 g/mol. The fourth-order valence-electron chi connectivity index (χ4n) is 4.85. The summed E-state index contributed by atoms with van der Waals surface area (Å²) in [5.41, 5.74) is 8.16. The lowest BCUT2D eigenvalue weighted by molar-refractivity contribution is 0.250. The summed E-state index contributed by atoms with van der Waals surface area (Å²) >= 11 is 0. The molecule has 3 rings (SSSR count). The molecule has 1 saturated carbocycles. The molecule has 0 amide bonds. The highest BCUT2D eigenvalue weighted by Crippen LogP contribution is 2.52. The molecule has 0 radical (unpaired) electrons. The molecule has 2 nitrogen and oxygen atoms in total. The van der Waals surface area contributed by atoms with E-state index in [-0.39, 0.29) is 10.8 Å². The van der Waals surface area contributed by atoms with Gasteiger partial charge in [0.1, 0.15) is 0 Å². The van der Waals surface area contributed by atoms with Crippen LogP contribution >= 0.6 is 0 Å². The van der Waals surface area contributed by atoms with E-state index in [1.165, 1.54) is 48.1 Å². The zero-order valence-electron chi connectivity index (χ0n) is 21.5. The highest BCUT2D eigenvalue weighted by Gasteiger charge is 2.47. The van der Waals surface area contributed by atoms with Crippen LogP contribution in [-0.4, -0.2) is 17.5 Å². The molecule has 1 aromatic carbocycles. The number of nitrogens with one attached hydrogen (secondary N) is 1. The summed E-state index contributed by atoms with van der Waals surface area (Å²) in [5.74, 6) is 0. The number of benzene rings is 1. The molecule has 1 aliphatic heterocycles. The Morgan fingerprint density at radius 2 is 1.97 bits per heavy atom. The topological polar surface area (TPSA) is 15.3 Å². The predicted octanol–water partition coefficient (Wildman–Crippen LogP) is 7.65. The smallest absolute Gasteiger partial charge is 0.0512 e. The van der Waals surface area contributed by atoms with Gasteiger partial charge in [-0.15, -0.1) is 0 Å². The fraction of sp³-hybridized carbons (Fsp3) is 0.533. The van der Waals surface area contributed by atoms with Crippen LogP contribution in [0.4, 0.5) is 0 Å². The van der Waals surface area contributed by atoms with E-state index in [1.54, 1.807) is 0 Å². The van der Waals surface area contributed by atoms with Crippen LogP contribution in [0.5, 0.6) is 0 Å². The summed E-state index contributed by atoms with van der Waals surface area (Å²) in [4.78, 5) is 2.61. The van der Waals surface area contributed by atoms with Gasteiger partial charge in [-0.3, -0.25) is 0 Å². The van der Waals surface area contributed by atoms with E-state index in [1.807, 2.05) is 0 Å². The first kappa shape index (κ1) is 24.4. The van der Waals surface area contributed by atoms with Crippen molar-refractivity contribution in [2.24, 2.45) is 5.41 Å². The molecule has 174 valence electrons. The van der Waals surface area contributed by atoms with E-state index in [2.05, 4.69) is 108 Å². The standard InChI is InChI=1S/C30H44N2/c1-9-12-18-32-22(4)25(21-28(32)29(6,7)8)20-27(11-3)31-23(5)30(16-17-30)26-15-13-14-24(10-2)19-26/h11,13-15,19-22,31H,5,9-10,12,16-18H2,1-4,6-8H3/b25-20-,27-11+. The summed E-state index contributed by atoms with van der Waals surface area (Å²) in [6, 6.07) is 9.47. The van der Waals surface area contributed by atoms with Crippen LogP contribution < -0.4 is 5.32 Å². The van der Waals surface area contributed by atoms with Gasteiger partial charge in [-0.05, 0) is 68.4 Å². The Hall–Kier alpha value is -2.22. The van der Waals surface area contributed by atoms with Gasteiger partial charge in [-0.2, -0.15) is 0 Å². The Labute approximate surface area is 197 Å². The van der Waals surface area contributed by atoms with E-state index < -0.39 is 0 Å². The summed E-state index contributed by atoms with van der Waals surface area (Å²) in [5, 5.41) is 3.71. The monoisotopic (exact) mass is 432 g/mol. The molecule has 1 heterocycles. The van der Waals surface area contributed by atoms with Gasteiger partial charge in [-0.1, -0.05) is 78.0 Å². The first-order chi connectivity index (χ1) is 15.2. The highest BCUT2D eigenvalue weighted by atomic mass is 15.2. The Bertz CT molecular complexity index is 918. The molecule has 0 bridgehead atoms. The van der Waals surface area contributed by atoms with Crippen LogP contribution in [0.25, 0.3) is 0 Å². The third-order valence-electron chi connectivity index (χ3n) is 7.23. The summed E-state index contributed by atoms with van der Waals surface area (Å²) in [6.07, 6.45) is 12.8. The maximum atomic E-state index is 4.50. The van der Waals surface area contributed by atoms with Gasteiger partial charge in [0.15, 0.2) is 0 Å². The van der Waals surface area contributed by atoms with Gasteiger partial charge >= 0.3 is 0 Å². The first-order valence-electron chi connectivity index (χ1n) is 12.6. The van der Waals surface area contributed by atoms with Gasteiger partial charge < -0.3 is 10.2 Å². The van der Waals surface area contributed by atoms with Crippen LogP contribution in [0.3, 0.4) is 0 Å². The van der Waals surface area contributed by atoms with Crippen LogP contribution in [0.1, 0.15) is 85.3 Å². The minimum absolute atomic E-state index is 0.0822. The van der Waals surface area contributed by atoms with Crippen LogP contribution in [0.2, 0.25) is 0 Å². The Morgan fingerprint density at radius 3 is 2.53 bits per heavy atom. The molecule has 0 saturated heterocycles. The molecule has 32 heavy (non-hydrogen) atoms. The zero-order valence-corrected chi connectivity index (χ0v) is 21.5. The van der Waals surface area contributed by atoms with Gasteiger partial charge in [0.25, 0.3) is 0 Å². The van der Waals surface area contributed by atoms with E-state index in [4.69, 9.17) is 0 Å². The van der Waals surface area contributed by atoms with Crippen LogP contribution in [-0.2, 0) is 11.8 Å². The van der Waals surface area contributed by atoms with Crippen molar-refractivity contribution >= 4 is 0 Å². The van der Waals surface area contributed by atoms with E-state index >= 15 is 0 Å². The number of hydrogen-bond acceptors (Lipinski definition) is 2. The van der Waals surface area contributed by atoms with Gasteiger partial charge in [0.05, 0.1) is 6.04 Å². The van der Waals surface area contributed by atoms with Gasteiger partial charge in [-0.25, -0.2) is 0 Å². The maximum absolute atomic E-state index is 4.50. The predicted molar refractivity (Wildman–Crippen MR) is 139 cm³/mol. The van der Waals surface area contributed by atoms with Crippen molar-refractivity contribution < 1.29 is 0 Å². The number of unbranched alkanes of at least 4 members (excludes halogenated alkanes) is 1. The lowest BCUT2D eigenvalue weighted by atomic mass is 9.90. The van der Waals surface area contributed by atoms with E-state index in [0.29, 0.717) is 6.04 Å². The molecule has 1 atom stereocenters. The van der Waals surface area contributed by atoms with Crippen molar-refractivity contribution in [2.75, 3.05) is 6.54 Å². The Balaban J connectivity index is 1.81. The quantitative estimate of drug-likeness (QED) is 0.431. The molecular formula is C30H44N2. The summed E-state index contributed by atoms with van der Waals surface area (Å²) in [7, 11) is 0. The van der Waals surface area contributed by atoms with Crippen LogP contribution in [0, 0.1) is 5.41 Å². The summed E-state index contributed by atoms with van der Waals surface area (Å²) in [6.45, 7) is 21.6. The number of rotatable bonds is 9. The van der Waals surface area contributed by atoms with Crippen molar-refractivity contribution in [3.63, 3.8) is 0 Å². The number of nitrogens with zero attached hydrogens (tertiary/aromatic N) is 1. The number of allylic oxidation sites excluding steroid dienone is 4. The Morgan fingerprint density at radius 1 is 1.25 bits per heavy atom. The minimum Gasteiger partial charge on any atom is -0.368 e. The lowest BCUT2D eigenvalue weighted by Crippen LogP contribution is -2.34. The third kappa shape index (κ3) is 5.05. The van der Waals surface area contributed by atoms with Crippen molar-refractivity contribution in [2.45, 2.75) is 92.0 Å². The molecule has 1 aromatic rings. The average molecular weight is 433 g/mol. The summed E-state index contributed by atoms with van der Waals surface area (Å²) < 4.78 is 0. The van der Waals surface area contributed by atoms with E-state index in [0.717, 1.165) is 24.4 Å². The third-order valence-corrected chi connectivity index (χ3v) is 7.23. The number of hydrogen-bond donors (Lipinski definition) is 1.